The number of fused-ring (bicyclic) bond motifs is 1. The van der Waals surface area contributed by atoms with Crippen LogP contribution in [0.15, 0.2) is 18.2 Å². The summed E-state index contributed by atoms with van der Waals surface area (Å²) in [6.45, 7) is 3.72. The minimum absolute atomic E-state index is 0.0134. The summed E-state index contributed by atoms with van der Waals surface area (Å²) in [5.74, 6) is 2.41. The predicted molar refractivity (Wildman–Crippen MR) is 131 cm³/mol. The van der Waals surface area contributed by atoms with E-state index in [1.807, 2.05) is 13.0 Å². The van der Waals surface area contributed by atoms with Crippen molar-refractivity contribution < 1.29 is 23.8 Å². The normalized spacial score (nSPS) is 29.2. The molecule has 5 rings (SSSR count). The first-order chi connectivity index (χ1) is 15.5. The molecule has 1 saturated heterocycles. The Bertz CT molecular complexity index is 962. The SMILES string of the molecule is COC(=O)N(C)[C@]1(C)C[C@H](C(=O)N2CCC3(CC2)CC(c2ccc4c(c2)OC(P)(P)O4)C3)C1. The second-order valence-electron chi connectivity index (χ2n) is 10.7. The van der Waals surface area contributed by atoms with E-state index in [9.17, 15) is 9.59 Å². The Balaban J connectivity index is 1.11. The number of methoxy groups -OCH3 is 1. The molecule has 0 radical (unpaired) electrons. The molecule has 7 nitrogen and oxygen atoms in total. The molecule has 0 bridgehead atoms. The van der Waals surface area contributed by atoms with Crippen molar-refractivity contribution in [2.75, 3.05) is 27.2 Å². The van der Waals surface area contributed by atoms with Crippen molar-refractivity contribution in [2.24, 2.45) is 11.3 Å². The van der Waals surface area contributed by atoms with Crippen molar-refractivity contribution in [1.82, 2.24) is 9.80 Å². The topological polar surface area (TPSA) is 68.3 Å². The zero-order valence-electron chi connectivity index (χ0n) is 19.6. The monoisotopic (exact) mass is 492 g/mol. The summed E-state index contributed by atoms with van der Waals surface area (Å²) in [5, 5.41) is -0.756. The molecule has 4 aliphatic rings. The second-order valence-corrected chi connectivity index (χ2v) is 13.0. The third kappa shape index (κ3) is 4.10. The lowest BCUT2D eigenvalue weighted by Crippen LogP contribution is -2.60. The van der Waals surface area contributed by atoms with E-state index in [2.05, 4.69) is 35.5 Å². The lowest BCUT2D eigenvalue weighted by molar-refractivity contribution is -0.147. The Morgan fingerprint density at radius 3 is 2.36 bits per heavy atom. The van der Waals surface area contributed by atoms with Gasteiger partial charge in [-0.25, -0.2) is 4.79 Å². The van der Waals surface area contributed by atoms with Gasteiger partial charge >= 0.3 is 6.09 Å². The molecule has 1 spiro atoms. The highest BCUT2D eigenvalue weighted by molar-refractivity contribution is 7.39. The highest BCUT2D eigenvalue weighted by Crippen LogP contribution is 2.58. The number of ether oxygens (including phenoxy) is 3. The lowest BCUT2D eigenvalue weighted by atomic mass is 9.56. The van der Waals surface area contributed by atoms with Gasteiger partial charge in [0.25, 0.3) is 5.27 Å². The third-order valence-corrected chi connectivity index (χ3v) is 8.92. The van der Waals surface area contributed by atoms with Crippen LogP contribution in [0.2, 0.25) is 0 Å². The van der Waals surface area contributed by atoms with Crippen LogP contribution in [0, 0.1) is 11.3 Å². The Hall–Kier alpha value is -1.58. The van der Waals surface area contributed by atoms with Gasteiger partial charge in [0.1, 0.15) is 0 Å². The van der Waals surface area contributed by atoms with E-state index < -0.39 is 5.27 Å². The lowest BCUT2D eigenvalue weighted by Gasteiger charge is -2.54. The van der Waals surface area contributed by atoms with Gasteiger partial charge in [0.2, 0.25) is 5.91 Å². The zero-order chi connectivity index (χ0) is 23.6. The smallest absolute Gasteiger partial charge is 0.409 e. The molecular formula is C24H34N2O5P2. The van der Waals surface area contributed by atoms with Gasteiger partial charge in [0, 0.05) is 31.6 Å². The Morgan fingerprint density at radius 2 is 1.73 bits per heavy atom. The maximum absolute atomic E-state index is 13.1. The number of amides is 2. The van der Waals surface area contributed by atoms with E-state index in [0.29, 0.717) is 24.2 Å². The summed E-state index contributed by atoms with van der Waals surface area (Å²) in [5.41, 5.74) is 1.39. The minimum atomic E-state index is -0.756. The van der Waals surface area contributed by atoms with Crippen LogP contribution in [-0.2, 0) is 9.53 Å². The number of nitrogens with zero attached hydrogens (tertiary/aromatic N) is 2. The van der Waals surface area contributed by atoms with E-state index in [4.69, 9.17) is 14.2 Å². The number of piperidine rings is 1. The fraction of sp³-hybridized carbons (Fsp3) is 0.667. The number of hydrogen-bond acceptors (Lipinski definition) is 5. The molecule has 1 aromatic rings. The molecule has 33 heavy (non-hydrogen) atoms. The molecule has 0 aromatic heterocycles. The first kappa shape index (κ1) is 23.2. The van der Waals surface area contributed by atoms with Crippen LogP contribution >= 0.6 is 18.5 Å². The molecule has 2 heterocycles. The van der Waals surface area contributed by atoms with Crippen molar-refractivity contribution in [3.8, 4) is 11.5 Å². The quantitative estimate of drug-likeness (QED) is 0.593. The summed E-state index contributed by atoms with van der Waals surface area (Å²) in [4.78, 5) is 28.6. The fourth-order valence-corrected chi connectivity index (χ4v) is 6.71. The average Bonchev–Trinajstić information content (AvgIpc) is 3.06. The van der Waals surface area contributed by atoms with Crippen molar-refractivity contribution in [3.05, 3.63) is 23.8 Å². The molecule has 180 valence electrons. The minimum Gasteiger partial charge on any atom is -0.453 e. The van der Waals surface area contributed by atoms with Crippen LogP contribution in [0.4, 0.5) is 4.79 Å². The van der Waals surface area contributed by atoms with Gasteiger partial charge in [-0.3, -0.25) is 4.79 Å². The Morgan fingerprint density at radius 1 is 1.09 bits per heavy atom. The van der Waals surface area contributed by atoms with Crippen molar-refractivity contribution in [1.29, 1.82) is 0 Å². The fourth-order valence-electron chi connectivity index (χ4n) is 6.20. The van der Waals surface area contributed by atoms with Crippen LogP contribution < -0.4 is 9.47 Å². The van der Waals surface area contributed by atoms with Crippen molar-refractivity contribution in [2.45, 2.75) is 62.2 Å². The number of carbonyl (C=O) groups is 2. The van der Waals surface area contributed by atoms with Crippen LogP contribution in [-0.4, -0.2) is 59.9 Å². The molecule has 0 N–H and O–H groups in total. The van der Waals surface area contributed by atoms with Crippen molar-refractivity contribution in [3.63, 3.8) is 0 Å². The summed E-state index contributed by atoms with van der Waals surface area (Å²) in [6.07, 6.45) is 5.57. The standard InChI is InChI=1S/C24H34N2O5P2/c1-22(25(2)21(28)29-3)11-17(12-22)20(27)26-8-6-23(7-9-26)13-16(14-23)15-4-5-18-19(10-15)31-24(32,33)30-18/h4-5,10,16-17H,6-9,11-14,32-33H2,1-3H3/t17-,22+. The first-order valence-corrected chi connectivity index (χ1v) is 12.9. The average molecular weight is 492 g/mol. The van der Waals surface area contributed by atoms with Gasteiger partial charge in [0.05, 0.1) is 7.11 Å². The van der Waals surface area contributed by atoms with Gasteiger partial charge < -0.3 is 24.0 Å². The summed E-state index contributed by atoms with van der Waals surface area (Å²) < 4.78 is 16.4. The molecular weight excluding hydrogens is 458 g/mol. The number of rotatable bonds is 3. The van der Waals surface area contributed by atoms with E-state index in [1.54, 1.807) is 11.9 Å². The summed E-state index contributed by atoms with van der Waals surface area (Å²) in [6, 6.07) is 6.30. The zero-order valence-corrected chi connectivity index (χ0v) is 21.9. The predicted octanol–water partition coefficient (Wildman–Crippen LogP) is 4.17. The molecule has 2 atom stereocenters. The second kappa shape index (κ2) is 7.99. The van der Waals surface area contributed by atoms with Gasteiger partial charge in [-0.1, -0.05) is 6.07 Å². The van der Waals surface area contributed by atoms with E-state index in [1.165, 1.54) is 25.5 Å². The first-order valence-electron chi connectivity index (χ1n) is 11.7. The largest absolute Gasteiger partial charge is 0.453 e. The van der Waals surface area contributed by atoms with Crippen LogP contribution in [0.3, 0.4) is 0 Å². The molecule has 2 aliphatic heterocycles. The summed E-state index contributed by atoms with van der Waals surface area (Å²) in [7, 11) is 8.27. The van der Waals surface area contributed by atoms with Crippen LogP contribution in [0.5, 0.6) is 11.5 Å². The highest BCUT2D eigenvalue weighted by Gasteiger charge is 2.51. The molecule has 1 aromatic carbocycles. The van der Waals surface area contributed by atoms with E-state index >= 15 is 0 Å². The van der Waals surface area contributed by atoms with Crippen LogP contribution in [0.25, 0.3) is 0 Å². The molecule has 9 heteroatoms. The molecule has 2 unspecified atom stereocenters. The van der Waals surface area contributed by atoms with Gasteiger partial charge in [0.15, 0.2) is 11.5 Å². The number of likely N-dealkylation sites (tertiary alicyclic amines) is 1. The third-order valence-electron chi connectivity index (χ3n) is 8.45. The van der Waals surface area contributed by atoms with Crippen molar-refractivity contribution >= 4 is 30.5 Å². The van der Waals surface area contributed by atoms with Gasteiger partial charge in [-0.2, -0.15) is 0 Å². The van der Waals surface area contributed by atoms with E-state index in [-0.39, 0.29) is 23.5 Å². The molecule has 2 amide bonds. The number of benzene rings is 1. The number of hydrogen-bond donors (Lipinski definition) is 0. The van der Waals surface area contributed by atoms with Gasteiger partial charge in [-0.15, -0.1) is 0 Å². The number of carbonyl (C=O) groups excluding carboxylic acids is 2. The van der Waals surface area contributed by atoms with Crippen LogP contribution in [0.1, 0.15) is 56.9 Å². The molecule has 2 saturated carbocycles. The molecule has 2 aliphatic carbocycles. The van der Waals surface area contributed by atoms with Gasteiger partial charge in [-0.05, 0) is 93.0 Å². The van der Waals surface area contributed by atoms with E-state index in [0.717, 1.165) is 37.4 Å². The Kier molecular flexibility index (Phi) is 5.61. The Labute approximate surface area is 200 Å². The molecule has 3 fully saturated rings. The summed E-state index contributed by atoms with van der Waals surface area (Å²) >= 11 is 0. The highest BCUT2D eigenvalue weighted by atomic mass is 31.1. The maximum atomic E-state index is 13.1. The maximum Gasteiger partial charge on any atom is 0.409 e.